The van der Waals surface area contributed by atoms with E-state index in [1.165, 1.54) is 6.42 Å². The number of nitrogens with one attached hydrogen (secondary N) is 2. The van der Waals surface area contributed by atoms with Gasteiger partial charge in [-0.15, -0.1) is 0 Å². The van der Waals surface area contributed by atoms with Gasteiger partial charge in [-0.2, -0.15) is 0 Å². The third kappa shape index (κ3) is 2.49. The minimum atomic E-state index is -0.148. The Kier molecular flexibility index (Phi) is 3.51. The monoisotopic (exact) mass is 192 g/mol. The summed E-state index contributed by atoms with van der Waals surface area (Å²) in [5.74, 6) is 0. The van der Waals surface area contributed by atoms with Gasteiger partial charge in [-0.25, -0.2) is 4.79 Å². The number of hydrogen-bond acceptors (Lipinski definition) is 1. The molecule has 0 radical (unpaired) electrons. The van der Waals surface area contributed by atoms with Crippen LogP contribution < -0.4 is 5.69 Å². The van der Waals surface area contributed by atoms with Gasteiger partial charge in [0.2, 0.25) is 0 Å². The molecule has 0 saturated heterocycles. The SMILES string of the molecule is CCC.Cc1ccc2[nH]c(=O)[nH]c2c1. The highest BCUT2D eigenvalue weighted by Crippen LogP contribution is 2.08. The Labute approximate surface area is 83.2 Å². The first-order chi connectivity index (χ1) is 6.67. The summed E-state index contributed by atoms with van der Waals surface area (Å²) in [5.41, 5.74) is 2.73. The van der Waals surface area contributed by atoms with Crippen molar-refractivity contribution in [2.45, 2.75) is 27.2 Å². The number of aromatic amines is 2. The van der Waals surface area contributed by atoms with E-state index < -0.39 is 0 Å². The predicted octanol–water partition coefficient (Wildman–Crippen LogP) is 2.58. The largest absolute Gasteiger partial charge is 0.323 e. The molecule has 3 nitrogen and oxygen atoms in total. The van der Waals surface area contributed by atoms with Gasteiger partial charge in [-0.3, -0.25) is 0 Å². The first kappa shape index (κ1) is 10.6. The van der Waals surface area contributed by atoms with Crippen LogP contribution in [0.15, 0.2) is 23.0 Å². The Hall–Kier alpha value is -1.51. The molecule has 0 spiro atoms. The smallest absolute Gasteiger partial charge is 0.306 e. The van der Waals surface area contributed by atoms with E-state index >= 15 is 0 Å². The number of rotatable bonds is 0. The molecule has 0 aliphatic rings. The Morgan fingerprint density at radius 3 is 2.36 bits per heavy atom. The highest BCUT2D eigenvalue weighted by molar-refractivity contribution is 5.74. The molecule has 14 heavy (non-hydrogen) atoms. The van der Waals surface area contributed by atoms with E-state index in [2.05, 4.69) is 23.8 Å². The fourth-order valence-corrected chi connectivity index (χ4v) is 1.15. The molecule has 0 bridgehead atoms. The van der Waals surface area contributed by atoms with Crippen LogP contribution in [-0.4, -0.2) is 9.97 Å². The van der Waals surface area contributed by atoms with Gasteiger partial charge in [-0.05, 0) is 24.6 Å². The van der Waals surface area contributed by atoms with Crippen LogP contribution in [0, 0.1) is 6.92 Å². The molecule has 0 amide bonds. The van der Waals surface area contributed by atoms with Gasteiger partial charge in [0.25, 0.3) is 0 Å². The van der Waals surface area contributed by atoms with E-state index in [-0.39, 0.29) is 5.69 Å². The summed E-state index contributed by atoms with van der Waals surface area (Å²) in [6.45, 7) is 6.24. The molecular formula is C11H16N2O. The lowest BCUT2D eigenvalue weighted by atomic mass is 10.2. The molecule has 0 fully saturated rings. The van der Waals surface area contributed by atoms with E-state index in [0.29, 0.717) is 0 Å². The van der Waals surface area contributed by atoms with Crippen LogP contribution in [0.3, 0.4) is 0 Å². The maximum absolute atomic E-state index is 10.8. The van der Waals surface area contributed by atoms with Gasteiger partial charge in [0.1, 0.15) is 0 Å². The molecule has 0 atom stereocenters. The lowest BCUT2D eigenvalue weighted by molar-refractivity contribution is 1.09. The Bertz CT molecular complexity index is 454. The zero-order chi connectivity index (χ0) is 10.6. The zero-order valence-corrected chi connectivity index (χ0v) is 8.85. The number of hydrogen-bond donors (Lipinski definition) is 2. The summed E-state index contributed by atoms with van der Waals surface area (Å²) in [4.78, 5) is 16.2. The lowest BCUT2D eigenvalue weighted by Crippen LogP contribution is -1.99. The molecule has 1 aromatic carbocycles. The maximum atomic E-state index is 10.8. The van der Waals surface area contributed by atoms with Gasteiger partial charge >= 0.3 is 5.69 Å². The van der Waals surface area contributed by atoms with Crippen molar-refractivity contribution in [1.82, 2.24) is 9.97 Å². The molecule has 0 aliphatic heterocycles. The van der Waals surface area contributed by atoms with Crippen molar-refractivity contribution in [3.05, 3.63) is 34.2 Å². The number of fused-ring (bicyclic) bond motifs is 1. The molecule has 0 unspecified atom stereocenters. The Morgan fingerprint density at radius 2 is 1.71 bits per heavy atom. The molecule has 1 heterocycles. The number of imidazole rings is 1. The number of aryl methyl sites for hydroxylation is 1. The van der Waals surface area contributed by atoms with Crippen molar-refractivity contribution >= 4 is 11.0 Å². The maximum Gasteiger partial charge on any atom is 0.323 e. The van der Waals surface area contributed by atoms with Crippen LogP contribution in [0.5, 0.6) is 0 Å². The van der Waals surface area contributed by atoms with E-state index in [0.717, 1.165) is 16.6 Å². The third-order valence-electron chi connectivity index (χ3n) is 1.67. The highest BCUT2D eigenvalue weighted by atomic mass is 16.1. The van der Waals surface area contributed by atoms with Gasteiger partial charge in [0, 0.05) is 0 Å². The first-order valence-electron chi connectivity index (χ1n) is 4.86. The molecule has 0 aliphatic carbocycles. The highest BCUT2D eigenvalue weighted by Gasteiger charge is 1.95. The summed E-state index contributed by atoms with van der Waals surface area (Å²) in [6, 6.07) is 5.79. The molecule has 3 heteroatoms. The van der Waals surface area contributed by atoms with Crippen LogP contribution in [0.4, 0.5) is 0 Å². The van der Waals surface area contributed by atoms with Crippen LogP contribution in [0.25, 0.3) is 11.0 Å². The second-order valence-corrected chi connectivity index (χ2v) is 3.34. The molecule has 2 rings (SSSR count). The summed E-state index contributed by atoms with van der Waals surface area (Å²) in [5, 5.41) is 0. The summed E-state index contributed by atoms with van der Waals surface area (Å²) < 4.78 is 0. The van der Waals surface area contributed by atoms with E-state index in [1.807, 2.05) is 25.1 Å². The fourth-order valence-electron chi connectivity index (χ4n) is 1.15. The van der Waals surface area contributed by atoms with Crippen molar-refractivity contribution in [2.24, 2.45) is 0 Å². The van der Waals surface area contributed by atoms with E-state index in [1.54, 1.807) is 0 Å². The quantitative estimate of drug-likeness (QED) is 0.662. The molecule has 76 valence electrons. The van der Waals surface area contributed by atoms with Crippen molar-refractivity contribution < 1.29 is 0 Å². The number of H-pyrrole nitrogens is 2. The average Bonchev–Trinajstić information content (AvgIpc) is 2.45. The van der Waals surface area contributed by atoms with Crippen LogP contribution >= 0.6 is 0 Å². The molecule has 2 aromatic rings. The van der Waals surface area contributed by atoms with E-state index in [9.17, 15) is 4.79 Å². The van der Waals surface area contributed by atoms with Crippen molar-refractivity contribution in [1.29, 1.82) is 0 Å². The van der Waals surface area contributed by atoms with Crippen LogP contribution in [0.2, 0.25) is 0 Å². The molecule has 0 saturated carbocycles. The summed E-state index contributed by atoms with van der Waals surface area (Å²) >= 11 is 0. The standard InChI is InChI=1S/C8H8N2O.C3H8/c1-5-2-3-6-7(4-5)10-8(11)9-6;1-3-2/h2-4H,1H3,(H2,9,10,11);3H2,1-2H3. The average molecular weight is 192 g/mol. The fraction of sp³-hybridized carbons (Fsp3) is 0.364. The summed E-state index contributed by atoms with van der Waals surface area (Å²) in [7, 11) is 0. The van der Waals surface area contributed by atoms with Gasteiger partial charge < -0.3 is 9.97 Å². The van der Waals surface area contributed by atoms with Gasteiger partial charge in [0.15, 0.2) is 0 Å². The van der Waals surface area contributed by atoms with Gasteiger partial charge in [-0.1, -0.05) is 26.3 Å². The Morgan fingerprint density at radius 1 is 1.14 bits per heavy atom. The molecule has 2 N–H and O–H groups in total. The molecular weight excluding hydrogens is 176 g/mol. The summed E-state index contributed by atoms with van der Waals surface area (Å²) in [6.07, 6.45) is 1.25. The number of aromatic nitrogens is 2. The van der Waals surface area contributed by atoms with Crippen LogP contribution in [-0.2, 0) is 0 Å². The van der Waals surface area contributed by atoms with Crippen molar-refractivity contribution in [2.75, 3.05) is 0 Å². The second kappa shape index (κ2) is 4.65. The Balaban J connectivity index is 0.000000293. The predicted molar refractivity (Wildman–Crippen MR) is 59.6 cm³/mol. The normalized spacial score (nSPS) is 9.64. The topological polar surface area (TPSA) is 48.6 Å². The van der Waals surface area contributed by atoms with Crippen molar-refractivity contribution in [3.63, 3.8) is 0 Å². The molecule has 1 aromatic heterocycles. The second-order valence-electron chi connectivity index (χ2n) is 3.34. The van der Waals surface area contributed by atoms with Gasteiger partial charge in [0.05, 0.1) is 11.0 Å². The van der Waals surface area contributed by atoms with Crippen LogP contribution in [0.1, 0.15) is 25.8 Å². The van der Waals surface area contributed by atoms with E-state index in [4.69, 9.17) is 0 Å². The first-order valence-corrected chi connectivity index (χ1v) is 4.86. The number of benzene rings is 1. The van der Waals surface area contributed by atoms with Crippen molar-refractivity contribution in [3.8, 4) is 0 Å². The minimum Gasteiger partial charge on any atom is -0.306 e. The third-order valence-corrected chi connectivity index (χ3v) is 1.67. The minimum absolute atomic E-state index is 0.148. The lowest BCUT2D eigenvalue weighted by Gasteiger charge is -1.89. The zero-order valence-electron chi connectivity index (χ0n) is 8.85.